The van der Waals surface area contributed by atoms with Gasteiger partial charge in [0.15, 0.2) is 5.82 Å². The van der Waals surface area contributed by atoms with Gasteiger partial charge in [-0.05, 0) is 49.2 Å². The number of hydrogen-bond acceptors (Lipinski definition) is 3. The average Bonchev–Trinajstić information content (AvgIpc) is 3.12. The molecule has 0 saturated carbocycles. The van der Waals surface area contributed by atoms with Gasteiger partial charge in [-0.25, -0.2) is 9.07 Å². The molecule has 0 radical (unpaired) electrons. The van der Waals surface area contributed by atoms with Gasteiger partial charge in [0, 0.05) is 18.1 Å². The first kappa shape index (κ1) is 17.7. The highest BCUT2D eigenvalue weighted by Crippen LogP contribution is 2.22. The number of carbonyl (C=O) groups excluding carboxylic acids is 1. The summed E-state index contributed by atoms with van der Waals surface area (Å²) in [5, 5.41) is 6.68. The Kier molecular flexibility index (Phi) is 5.31. The first-order chi connectivity index (χ1) is 12.5. The van der Waals surface area contributed by atoms with Crippen LogP contribution in [0.2, 0.25) is 0 Å². The smallest absolute Gasteiger partial charge is 0.227 e. The number of para-hydroxylation sites is 1. The summed E-state index contributed by atoms with van der Waals surface area (Å²) in [7, 11) is 0. The molecule has 134 valence electrons. The van der Waals surface area contributed by atoms with Crippen LogP contribution in [0.3, 0.4) is 0 Å². The number of amides is 1. The normalized spacial score (nSPS) is 10.6. The van der Waals surface area contributed by atoms with Gasteiger partial charge in [-0.15, -0.1) is 0 Å². The van der Waals surface area contributed by atoms with Crippen molar-refractivity contribution in [3.8, 4) is 11.4 Å². The summed E-state index contributed by atoms with van der Waals surface area (Å²) >= 11 is 0. The number of nitrogens with one attached hydrogen (secondary N) is 1. The molecular formula is C20H20FN3O2. The van der Waals surface area contributed by atoms with Crippen LogP contribution >= 0.6 is 0 Å². The van der Waals surface area contributed by atoms with E-state index < -0.39 is 5.82 Å². The van der Waals surface area contributed by atoms with Gasteiger partial charge in [0.2, 0.25) is 5.91 Å². The minimum absolute atomic E-state index is 0.177. The van der Waals surface area contributed by atoms with E-state index in [0.717, 1.165) is 16.9 Å². The number of carbonyl (C=O) groups is 1. The van der Waals surface area contributed by atoms with Crippen LogP contribution in [0.25, 0.3) is 5.69 Å². The van der Waals surface area contributed by atoms with E-state index in [9.17, 15) is 9.18 Å². The standard InChI is InChI=1S/C20H20FN3O2/c1-14-5-3-6-15(2)20(14)26-12-9-19(25)23-16-7-8-18(17(21)13-16)24-11-4-10-22-24/h3-8,10-11,13H,9,12H2,1-2H3,(H,23,25). The first-order valence-electron chi connectivity index (χ1n) is 8.33. The highest BCUT2D eigenvalue weighted by Gasteiger charge is 2.09. The predicted molar refractivity (Wildman–Crippen MR) is 98.2 cm³/mol. The van der Waals surface area contributed by atoms with Crippen molar-refractivity contribution in [2.75, 3.05) is 11.9 Å². The second kappa shape index (κ2) is 7.82. The Morgan fingerprint density at radius 1 is 1.19 bits per heavy atom. The summed E-state index contributed by atoms with van der Waals surface area (Å²) in [6.07, 6.45) is 3.41. The number of benzene rings is 2. The molecule has 2 aromatic carbocycles. The fourth-order valence-corrected chi connectivity index (χ4v) is 2.68. The quantitative estimate of drug-likeness (QED) is 0.728. The highest BCUT2D eigenvalue weighted by molar-refractivity contribution is 5.90. The Morgan fingerprint density at radius 3 is 2.62 bits per heavy atom. The lowest BCUT2D eigenvalue weighted by molar-refractivity contribution is -0.116. The Balaban J connectivity index is 1.56. The zero-order valence-electron chi connectivity index (χ0n) is 14.7. The van der Waals surface area contributed by atoms with E-state index in [1.807, 2.05) is 32.0 Å². The molecule has 0 unspecified atom stereocenters. The van der Waals surface area contributed by atoms with Crippen LogP contribution in [0.5, 0.6) is 5.75 Å². The number of ether oxygens (including phenoxy) is 1. The Morgan fingerprint density at radius 2 is 1.96 bits per heavy atom. The number of rotatable bonds is 6. The van der Waals surface area contributed by atoms with Crippen LogP contribution in [0, 0.1) is 19.7 Å². The molecule has 0 saturated heterocycles. The largest absolute Gasteiger partial charge is 0.493 e. The molecule has 3 aromatic rings. The van der Waals surface area contributed by atoms with E-state index in [1.54, 1.807) is 30.6 Å². The molecule has 1 heterocycles. The molecule has 3 rings (SSSR count). The second-order valence-corrected chi connectivity index (χ2v) is 5.98. The van der Waals surface area contributed by atoms with Crippen molar-refractivity contribution in [2.24, 2.45) is 0 Å². The third-order valence-electron chi connectivity index (χ3n) is 3.97. The fourth-order valence-electron chi connectivity index (χ4n) is 2.68. The SMILES string of the molecule is Cc1cccc(C)c1OCCC(=O)Nc1ccc(-n2cccn2)c(F)c1. The van der Waals surface area contributed by atoms with E-state index in [-0.39, 0.29) is 18.9 Å². The Bertz CT molecular complexity index is 887. The third kappa shape index (κ3) is 4.08. The maximum atomic E-state index is 14.2. The lowest BCUT2D eigenvalue weighted by Crippen LogP contribution is -2.16. The van der Waals surface area contributed by atoms with Crippen LogP contribution in [0.1, 0.15) is 17.5 Å². The van der Waals surface area contributed by atoms with Gasteiger partial charge in [0.25, 0.3) is 0 Å². The van der Waals surface area contributed by atoms with Crippen molar-refractivity contribution in [3.63, 3.8) is 0 Å². The molecule has 5 nitrogen and oxygen atoms in total. The van der Waals surface area contributed by atoms with Crippen molar-refractivity contribution in [3.05, 3.63) is 71.8 Å². The van der Waals surface area contributed by atoms with Crippen molar-refractivity contribution >= 4 is 11.6 Å². The second-order valence-electron chi connectivity index (χ2n) is 5.98. The van der Waals surface area contributed by atoms with Crippen LogP contribution in [0.15, 0.2) is 54.9 Å². The average molecular weight is 353 g/mol. The Labute approximate surface area is 151 Å². The minimum Gasteiger partial charge on any atom is -0.493 e. The molecule has 1 N–H and O–H groups in total. The van der Waals surface area contributed by atoms with Crippen LogP contribution in [-0.2, 0) is 4.79 Å². The number of nitrogens with zero attached hydrogens (tertiary/aromatic N) is 2. The molecule has 26 heavy (non-hydrogen) atoms. The monoisotopic (exact) mass is 353 g/mol. The van der Waals surface area contributed by atoms with E-state index in [1.165, 1.54) is 10.7 Å². The van der Waals surface area contributed by atoms with E-state index >= 15 is 0 Å². The van der Waals surface area contributed by atoms with Gasteiger partial charge in [-0.1, -0.05) is 18.2 Å². The van der Waals surface area contributed by atoms with Crippen molar-refractivity contribution in [1.82, 2.24) is 9.78 Å². The van der Waals surface area contributed by atoms with Crippen molar-refractivity contribution < 1.29 is 13.9 Å². The van der Waals surface area contributed by atoms with Gasteiger partial charge in [-0.3, -0.25) is 4.79 Å². The summed E-state index contributed by atoms with van der Waals surface area (Å²) in [5.74, 6) is 0.107. The van der Waals surface area contributed by atoms with Crippen LogP contribution in [-0.4, -0.2) is 22.3 Å². The molecule has 0 aliphatic rings. The molecule has 0 fully saturated rings. The maximum absolute atomic E-state index is 14.2. The lowest BCUT2D eigenvalue weighted by Gasteiger charge is -2.12. The minimum atomic E-state index is -0.460. The van der Waals surface area contributed by atoms with E-state index in [0.29, 0.717) is 11.4 Å². The molecule has 0 bridgehead atoms. The number of anilines is 1. The summed E-state index contributed by atoms with van der Waals surface area (Å²) in [4.78, 5) is 12.1. The van der Waals surface area contributed by atoms with E-state index in [4.69, 9.17) is 4.74 Å². The van der Waals surface area contributed by atoms with Gasteiger partial charge < -0.3 is 10.1 Å². The molecular weight excluding hydrogens is 333 g/mol. The molecule has 0 aliphatic carbocycles. The molecule has 6 heteroatoms. The summed E-state index contributed by atoms with van der Waals surface area (Å²) in [6, 6.07) is 12.1. The van der Waals surface area contributed by atoms with E-state index in [2.05, 4.69) is 10.4 Å². The first-order valence-corrected chi connectivity index (χ1v) is 8.33. The number of hydrogen-bond donors (Lipinski definition) is 1. The number of aromatic nitrogens is 2. The summed E-state index contributed by atoms with van der Waals surface area (Å²) in [5.41, 5.74) is 2.78. The number of halogens is 1. The lowest BCUT2D eigenvalue weighted by atomic mass is 10.1. The molecule has 0 atom stereocenters. The number of aryl methyl sites for hydroxylation is 2. The predicted octanol–water partition coefficient (Wildman–Crippen LogP) is 4.04. The van der Waals surface area contributed by atoms with Crippen LogP contribution in [0.4, 0.5) is 10.1 Å². The summed E-state index contributed by atoms with van der Waals surface area (Å²) in [6.45, 7) is 4.18. The molecule has 1 amide bonds. The van der Waals surface area contributed by atoms with Gasteiger partial charge in [0.1, 0.15) is 11.4 Å². The van der Waals surface area contributed by atoms with Crippen LogP contribution < -0.4 is 10.1 Å². The highest BCUT2D eigenvalue weighted by atomic mass is 19.1. The zero-order valence-corrected chi connectivity index (χ0v) is 14.7. The van der Waals surface area contributed by atoms with Gasteiger partial charge in [0.05, 0.1) is 13.0 Å². The Hall–Kier alpha value is -3.15. The molecule has 0 aliphatic heterocycles. The maximum Gasteiger partial charge on any atom is 0.227 e. The zero-order chi connectivity index (χ0) is 18.5. The molecule has 0 spiro atoms. The van der Waals surface area contributed by atoms with Gasteiger partial charge >= 0.3 is 0 Å². The third-order valence-corrected chi connectivity index (χ3v) is 3.97. The van der Waals surface area contributed by atoms with Crippen molar-refractivity contribution in [2.45, 2.75) is 20.3 Å². The molecule has 1 aromatic heterocycles. The topological polar surface area (TPSA) is 56.1 Å². The fraction of sp³-hybridized carbons (Fsp3) is 0.200. The van der Waals surface area contributed by atoms with Crippen molar-refractivity contribution in [1.29, 1.82) is 0 Å². The summed E-state index contributed by atoms with van der Waals surface area (Å²) < 4.78 is 21.3. The van der Waals surface area contributed by atoms with Gasteiger partial charge in [-0.2, -0.15) is 5.10 Å².